The second-order valence-electron chi connectivity index (χ2n) is 4.00. The van der Waals surface area contributed by atoms with Gasteiger partial charge in [0.15, 0.2) is 0 Å². The Morgan fingerprint density at radius 3 is 3.00 bits per heavy atom. The molecule has 0 amide bonds. The predicted molar refractivity (Wildman–Crippen MR) is 65.0 cm³/mol. The number of aliphatic hydroxyl groups excluding tert-OH is 1. The molecule has 0 unspecified atom stereocenters. The highest BCUT2D eigenvalue weighted by atomic mass is 35.5. The van der Waals surface area contributed by atoms with E-state index in [-0.39, 0.29) is 29.3 Å². The van der Waals surface area contributed by atoms with Gasteiger partial charge in [-0.15, -0.1) is 6.42 Å². The van der Waals surface area contributed by atoms with Crippen molar-refractivity contribution in [2.24, 2.45) is 0 Å². The number of aromatic nitrogens is 2. The topological polar surface area (TPSA) is 67.2 Å². The van der Waals surface area contributed by atoms with Crippen LogP contribution in [0.25, 0.3) is 0 Å². The van der Waals surface area contributed by atoms with E-state index in [1.807, 2.05) is 0 Å². The maximum atomic E-state index is 11.9. The minimum atomic E-state index is -0.336. The summed E-state index contributed by atoms with van der Waals surface area (Å²) in [7, 11) is 0. The van der Waals surface area contributed by atoms with E-state index in [0.29, 0.717) is 18.5 Å². The first-order chi connectivity index (χ1) is 8.11. The van der Waals surface area contributed by atoms with Gasteiger partial charge in [0.05, 0.1) is 17.3 Å². The summed E-state index contributed by atoms with van der Waals surface area (Å²) in [5, 5.41) is 16.3. The highest BCUT2D eigenvalue weighted by Gasteiger charge is 2.28. The Kier molecular flexibility index (Phi) is 3.36. The smallest absolute Gasteiger partial charge is 0.292 e. The quantitative estimate of drug-likeness (QED) is 0.769. The van der Waals surface area contributed by atoms with Gasteiger partial charge in [0.25, 0.3) is 5.56 Å². The summed E-state index contributed by atoms with van der Waals surface area (Å²) in [5.74, 6) is 2.35. The lowest BCUT2D eigenvalue weighted by molar-refractivity contribution is 0.0836. The molecule has 1 fully saturated rings. The summed E-state index contributed by atoms with van der Waals surface area (Å²) >= 11 is 5.91. The van der Waals surface area contributed by atoms with Crippen molar-refractivity contribution in [2.45, 2.75) is 31.5 Å². The molecule has 1 aliphatic carbocycles. The maximum Gasteiger partial charge on any atom is 0.292 e. The molecule has 6 heteroatoms. The maximum absolute atomic E-state index is 11.9. The predicted octanol–water partition coefficient (Wildman–Crippen LogP) is 0.465. The molecular weight excluding hydrogens is 242 g/mol. The number of anilines is 1. The normalized spacial score (nSPS) is 22.6. The number of hydrogen-bond donors (Lipinski definition) is 2. The van der Waals surface area contributed by atoms with Crippen LogP contribution in [0.15, 0.2) is 11.0 Å². The van der Waals surface area contributed by atoms with Crippen LogP contribution < -0.4 is 10.9 Å². The molecule has 1 heterocycles. The molecule has 0 atom stereocenters. The van der Waals surface area contributed by atoms with Crippen molar-refractivity contribution in [1.29, 1.82) is 0 Å². The largest absolute Gasteiger partial charge is 0.393 e. The third kappa shape index (κ3) is 2.43. The first kappa shape index (κ1) is 12.0. The van der Waals surface area contributed by atoms with E-state index in [2.05, 4.69) is 16.3 Å². The third-order valence-electron chi connectivity index (χ3n) is 2.70. The summed E-state index contributed by atoms with van der Waals surface area (Å²) in [6, 6.07) is 0.0804. The number of rotatable bonds is 3. The van der Waals surface area contributed by atoms with E-state index >= 15 is 0 Å². The zero-order valence-corrected chi connectivity index (χ0v) is 9.81. The molecule has 2 rings (SSSR count). The number of aliphatic hydroxyl groups is 1. The molecule has 1 aliphatic rings. The van der Waals surface area contributed by atoms with Crippen molar-refractivity contribution in [3.63, 3.8) is 0 Å². The molecule has 0 radical (unpaired) electrons. The van der Waals surface area contributed by atoms with Gasteiger partial charge in [-0.25, -0.2) is 4.68 Å². The number of hydrogen-bond acceptors (Lipinski definition) is 4. The molecule has 17 heavy (non-hydrogen) atoms. The van der Waals surface area contributed by atoms with E-state index < -0.39 is 0 Å². The Bertz CT molecular complexity index is 514. The number of nitrogens with zero attached hydrogens (tertiary/aromatic N) is 2. The van der Waals surface area contributed by atoms with Crippen molar-refractivity contribution in [2.75, 3.05) is 5.32 Å². The van der Waals surface area contributed by atoms with Crippen LogP contribution in [0.4, 0.5) is 5.69 Å². The van der Waals surface area contributed by atoms with E-state index in [1.165, 1.54) is 10.9 Å². The van der Waals surface area contributed by atoms with Gasteiger partial charge in [0.1, 0.15) is 12.2 Å². The van der Waals surface area contributed by atoms with Crippen LogP contribution >= 0.6 is 11.6 Å². The zero-order valence-electron chi connectivity index (χ0n) is 9.06. The van der Waals surface area contributed by atoms with Gasteiger partial charge >= 0.3 is 0 Å². The van der Waals surface area contributed by atoms with Gasteiger partial charge in [-0.1, -0.05) is 17.5 Å². The van der Waals surface area contributed by atoms with E-state index in [1.54, 1.807) is 0 Å². The lowest BCUT2D eigenvalue weighted by atomic mass is 9.89. The van der Waals surface area contributed by atoms with Crippen LogP contribution in [-0.4, -0.2) is 27.0 Å². The lowest BCUT2D eigenvalue weighted by Gasteiger charge is -2.32. The average molecular weight is 254 g/mol. The van der Waals surface area contributed by atoms with E-state index in [9.17, 15) is 9.90 Å². The minimum absolute atomic E-state index is 0.0804. The molecule has 0 aliphatic heterocycles. The number of terminal acetylenes is 1. The summed E-state index contributed by atoms with van der Waals surface area (Å²) in [4.78, 5) is 11.9. The molecule has 0 spiro atoms. The van der Waals surface area contributed by atoms with Crippen molar-refractivity contribution >= 4 is 17.3 Å². The van der Waals surface area contributed by atoms with Gasteiger partial charge in [-0.3, -0.25) is 4.79 Å². The van der Waals surface area contributed by atoms with Crippen molar-refractivity contribution in [3.8, 4) is 12.3 Å². The van der Waals surface area contributed by atoms with Gasteiger partial charge in [0.2, 0.25) is 0 Å². The van der Waals surface area contributed by atoms with Gasteiger partial charge in [-0.05, 0) is 12.8 Å². The second kappa shape index (κ2) is 4.78. The van der Waals surface area contributed by atoms with E-state index in [0.717, 1.165) is 0 Å². The van der Waals surface area contributed by atoms with Gasteiger partial charge in [-0.2, -0.15) is 5.10 Å². The zero-order chi connectivity index (χ0) is 12.4. The monoisotopic (exact) mass is 253 g/mol. The SMILES string of the molecule is C#CCn1ncc(Cl)c(NC2CC(O)C2)c1=O. The third-order valence-corrected chi connectivity index (χ3v) is 2.99. The fraction of sp³-hybridized carbons (Fsp3) is 0.455. The average Bonchev–Trinajstić information content (AvgIpc) is 2.25. The summed E-state index contributed by atoms with van der Waals surface area (Å²) in [6.45, 7) is 0.109. The van der Waals surface area contributed by atoms with Crippen LogP contribution in [-0.2, 0) is 6.54 Å². The Balaban J connectivity index is 2.23. The first-order valence-corrected chi connectivity index (χ1v) is 5.63. The second-order valence-corrected chi connectivity index (χ2v) is 4.41. The van der Waals surface area contributed by atoms with Crippen LogP contribution in [0, 0.1) is 12.3 Å². The minimum Gasteiger partial charge on any atom is -0.393 e. The highest BCUT2D eigenvalue weighted by molar-refractivity contribution is 6.33. The molecule has 0 aromatic carbocycles. The van der Waals surface area contributed by atoms with Crippen molar-refractivity contribution in [3.05, 3.63) is 21.6 Å². The molecule has 5 nitrogen and oxygen atoms in total. The van der Waals surface area contributed by atoms with Gasteiger partial charge in [0, 0.05) is 6.04 Å². The Labute approximate surface area is 103 Å². The first-order valence-electron chi connectivity index (χ1n) is 5.25. The van der Waals surface area contributed by atoms with E-state index in [4.69, 9.17) is 18.0 Å². The number of halogens is 1. The Morgan fingerprint density at radius 1 is 1.71 bits per heavy atom. The molecular formula is C11H12ClN3O2. The van der Waals surface area contributed by atoms with Crippen LogP contribution in [0.2, 0.25) is 5.02 Å². The van der Waals surface area contributed by atoms with Crippen LogP contribution in [0.1, 0.15) is 12.8 Å². The number of nitrogens with one attached hydrogen (secondary N) is 1. The molecule has 0 bridgehead atoms. The molecule has 0 saturated heterocycles. The van der Waals surface area contributed by atoms with Crippen molar-refractivity contribution in [1.82, 2.24) is 9.78 Å². The fourth-order valence-corrected chi connectivity index (χ4v) is 1.89. The summed E-state index contributed by atoms with van der Waals surface area (Å²) in [6.07, 6.45) is 7.47. The molecule has 1 aromatic heterocycles. The Morgan fingerprint density at radius 2 is 2.41 bits per heavy atom. The summed E-state index contributed by atoms with van der Waals surface area (Å²) < 4.78 is 1.17. The van der Waals surface area contributed by atoms with Crippen LogP contribution in [0.3, 0.4) is 0 Å². The molecule has 1 aromatic rings. The molecule has 2 N–H and O–H groups in total. The van der Waals surface area contributed by atoms with Crippen molar-refractivity contribution < 1.29 is 5.11 Å². The Hall–Kier alpha value is -1.51. The standard InChI is InChI=1S/C11H12ClN3O2/c1-2-3-15-11(17)10(9(12)6-13-15)14-7-4-8(16)5-7/h1,6-8,14,16H,3-5H2. The lowest BCUT2D eigenvalue weighted by Crippen LogP contribution is -2.41. The molecule has 1 saturated carbocycles. The molecule has 90 valence electrons. The van der Waals surface area contributed by atoms with Gasteiger partial charge < -0.3 is 10.4 Å². The fourth-order valence-electron chi connectivity index (χ4n) is 1.71. The summed E-state index contributed by atoms with van der Waals surface area (Å²) in [5.41, 5.74) is -0.0364. The van der Waals surface area contributed by atoms with Crippen LogP contribution in [0.5, 0.6) is 0 Å². The highest BCUT2D eigenvalue weighted by Crippen LogP contribution is 2.25.